The van der Waals surface area contributed by atoms with Gasteiger partial charge >= 0.3 is 0 Å². The highest BCUT2D eigenvalue weighted by Crippen LogP contribution is 2.20. The van der Waals surface area contributed by atoms with E-state index in [0.29, 0.717) is 0 Å². The van der Waals surface area contributed by atoms with Crippen LogP contribution in [0.3, 0.4) is 0 Å². The highest BCUT2D eigenvalue weighted by molar-refractivity contribution is 5.39. The number of hydrogen-bond acceptors (Lipinski definition) is 3. The number of aromatic nitrogens is 4. The van der Waals surface area contributed by atoms with Gasteiger partial charge in [0.25, 0.3) is 0 Å². The Hall–Kier alpha value is -1.78. The van der Waals surface area contributed by atoms with Crippen molar-refractivity contribution in [3.63, 3.8) is 0 Å². The van der Waals surface area contributed by atoms with Gasteiger partial charge in [-0.25, -0.2) is 0 Å². The number of hydrogen-bond donors (Lipinski definition) is 1. The van der Waals surface area contributed by atoms with Crippen LogP contribution in [-0.2, 0) is 14.1 Å². The number of anilines is 1. The fourth-order valence-corrected chi connectivity index (χ4v) is 1.97. The second kappa shape index (κ2) is 4.24. The Morgan fingerprint density at radius 1 is 1.24 bits per heavy atom. The lowest BCUT2D eigenvalue weighted by molar-refractivity contribution is 0.735. The number of aryl methyl sites for hydroxylation is 4. The van der Waals surface area contributed by atoms with E-state index < -0.39 is 0 Å². The molecule has 0 saturated carbocycles. The topological polar surface area (TPSA) is 47.7 Å². The van der Waals surface area contributed by atoms with E-state index in [1.807, 2.05) is 49.6 Å². The van der Waals surface area contributed by atoms with E-state index in [-0.39, 0.29) is 6.04 Å². The summed E-state index contributed by atoms with van der Waals surface area (Å²) in [6.07, 6.45) is 2.04. The fraction of sp³-hybridized carbons (Fsp3) is 0.500. The van der Waals surface area contributed by atoms with Crippen LogP contribution < -0.4 is 5.32 Å². The van der Waals surface area contributed by atoms with Gasteiger partial charge in [-0.15, -0.1) is 0 Å². The summed E-state index contributed by atoms with van der Waals surface area (Å²) in [6.45, 7) is 6.18. The van der Waals surface area contributed by atoms with E-state index in [9.17, 15) is 0 Å². The molecular weight excluding hydrogens is 214 g/mol. The highest BCUT2D eigenvalue weighted by Gasteiger charge is 2.12. The largest absolute Gasteiger partial charge is 0.362 e. The third-order valence-electron chi connectivity index (χ3n) is 3.00. The van der Waals surface area contributed by atoms with Crippen molar-refractivity contribution in [2.24, 2.45) is 14.1 Å². The Kier molecular flexibility index (Phi) is 2.92. The molecule has 2 aromatic heterocycles. The minimum Gasteiger partial charge on any atom is -0.362 e. The van der Waals surface area contributed by atoms with Crippen LogP contribution in [0.15, 0.2) is 12.3 Å². The van der Waals surface area contributed by atoms with Crippen LogP contribution in [0.25, 0.3) is 0 Å². The molecule has 2 aromatic rings. The molecule has 0 radical (unpaired) electrons. The van der Waals surface area contributed by atoms with E-state index in [1.54, 1.807) is 0 Å². The van der Waals surface area contributed by atoms with Crippen LogP contribution in [0.2, 0.25) is 0 Å². The zero-order valence-electron chi connectivity index (χ0n) is 11.0. The van der Waals surface area contributed by atoms with Crippen molar-refractivity contribution in [3.05, 3.63) is 29.2 Å². The quantitative estimate of drug-likeness (QED) is 0.881. The number of nitrogens with zero attached hydrogens (tertiary/aromatic N) is 4. The molecule has 1 atom stereocenters. The maximum absolute atomic E-state index is 4.39. The predicted octanol–water partition coefficient (Wildman–Crippen LogP) is 1.94. The molecule has 0 aliphatic carbocycles. The number of rotatable bonds is 3. The molecule has 17 heavy (non-hydrogen) atoms. The lowest BCUT2D eigenvalue weighted by atomic mass is 10.1. The molecule has 1 unspecified atom stereocenters. The summed E-state index contributed by atoms with van der Waals surface area (Å²) in [5.41, 5.74) is 3.40. The van der Waals surface area contributed by atoms with Crippen molar-refractivity contribution in [2.75, 3.05) is 5.32 Å². The Morgan fingerprint density at radius 2 is 1.94 bits per heavy atom. The van der Waals surface area contributed by atoms with Crippen molar-refractivity contribution >= 4 is 5.82 Å². The maximum atomic E-state index is 4.39. The van der Waals surface area contributed by atoms with Crippen molar-refractivity contribution in [2.45, 2.75) is 26.8 Å². The zero-order valence-corrected chi connectivity index (χ0v) is 11.0. The van der Waals surface area contributed by atoms with Gasteiger partial charge in [0, 0.05) is 37.6 Å². The third kappa shape index (κ3) is 2.33. The molecule has 0 fully saturated rings. The second-order valence-corrected chi connectivity index (χ2v) is 4.50. The van der Waals surface area contributed by atoms with Crippen molar-refractivity contribution in [3.8, 4) is 0 Å². The summed E-state index contributed by atoms with van der Waals surface area (Å²) < 4.78 is 3.71. The summed E-state index contributed by atoms with van der Waals surface area (Å²) in [5, 5.41) is 12.1. The Labute approximate surface area is 101 Å². The van der Waals surface area contributed by atoms with Gasteiger partial charge in [0.15, 0.2) is 0 Å². The first-order valence-corrected chi connectivity index (χ1v) is 5.74. The van der Waals surface area contributed by atoms with E-state index in [1.165, 1.54) is 5.56 Å². The standard InChI is InChI=1S/C12H19N5/c1-8-6-12(15-17(8)5)13-9(2)11-7-16(4)14-10(11)3/h6-7,9H,1-5H3,(H,13,15). The van der Waals surface area contributed by atoms with Crippen molar-refractivity contribution < 1.29 is 0 Å². The van der Waals surface area contributed by atoms with Gasteiger partial charge in [0.2, 0.25) is 0 Å². The fourth-order valence-electron chi connectivity index (χ4n) is 1.97. The van der Waals surface area contributed by atoms with E-state index in [4.69, 9.17) is 0 Å². The van der Waals surface area contributed by atoms with Gasteiger partial charge in [-0.05, 0) is 20.8 Å². The first-order valence-electron chi connectivity index (χ1n) is 5.74. The first-order chi connectivity index (χ1) is 7.97. The lowest BCUT2D eigenvalue weighted by Gasteiger charge is -2.11. The monoisotopic (exact) mass is 233 g/mol. The lowest BCUT2D eigenvalue weighted by Crippen LogP contribution is -2.07. The highest BCUT2D eigenvalue weighted by atomic mass is 15.3. The first kappa shape index (κ1) is 11.7. The molecule has 5 nitrogen and oxygen atoms in total. The molecule has 0 spiro atoms. The van der Waals surface area contributed by atoms with Crippen LogP contribution in [0.5, 0.6) is 0 Å². The zero-order chi connectivity index (χ0) is 12.6. The van der Waals surface area contributed by atoms with Crippen LogP contribution >= 0.6 is 0 Å². The van der Waals surface area contributed by atoms with E-state index in [0.717, 1.165) is 17.2 Å². The van der Waals surface area contributed by atoms with E-state index >= 15 is 0 Å². The third-order valence-corrected chi connectivity index (χ3v) is 3.00. The average Bonchev–Trinajstić information content (AvgIpc) is 2.71. The van der Waals surface area contributed by atoms with Gasteiger partial charge < -0.3 is 5.32 Å². The summed E-state index contributed by atoms with van der Waals surface area (Å²) in [7, 11) is 3.88. The molecule has 92 valence electrons. The summed E-state index contributed by atoms with van der Waals surface area (Å²) in [6, 6.07) is 2.25. The molecule has 0 bridgehead atoms. The van der Waals surface area contributed by atoms with Gasteiger partial charge in [0.1, 0.15) is 5.82 Å². The molecule has 2 rings (SSSR count). The van der Waals surface area contributed by atoms with Gasteiger partial charge in [-0.3, -0.25) is 9.36 Å². The van der Waals surface area contributed by atoms with Crippen LogP contribution in [-0.4, -0.2) is 19.6 Å². The maximum Gasteiger partial charge on any atom is 0.148 e. The summed E-state index contributed by atoms with van der Waals surface area (Å²) in [5.74, 6) is 0.903. The van der Waals surface area contributed by atoms with Crippen LogP contribution in [0.4, 0.5) is 5.82 Å². The van der Waals surface area contributed by atoms with Crippen molar-refractivity contribution in [1.29, 1.82) is 0 Å². The van der Waals surface area contributed by atoms with Crippen molar-refractivity contribution in [1.82, 2.24) is 19.6 Å². The minimum absolute atomic E-state index is 0.206. The Balaban J connectivity index is 2.16. The molecule has 0 aromatic carbocycles. The SMILES string of the molecule is Cc1nn(C)cc1C(C)Nc1cc(C)n(C)n1. The van der Waals surface area contributed by atoms with Gasteiger partial charge in [0.05, 0.1) is 11.7 Å². The predicted molar refractivity (Wildman–Crippen MR) is 67.9 cm³/mol. The molecular formula is C12H19N5. The summed E-state index contributed by atoms with van der Waals surface area (Å²) in [4.78, 5) is 0. The van der Waals surface area contributed by atoms with E-state index in [2.05, 4.69) is 22.4 Å². The Morgan fingerprint density at radius 3 is 2.41 bits per heavy atom. The second-order valence-electron chi connectivity index (χ2n) is 4.50. The molecule has 2 heterocycles. The van der Waals surface area contributed by atoms with Crippen LogP contribution in [0.1, 0.15) is 29.9 Å². The molecule has 1 N–H and O–H groups in total. The van der Waals surface area contributed by atoms with Gasteiger partial charge in [-0.1, -0.05) is 0 Å². The molecule has 0 aliphatic rings. The minimum atomic E-state index is 0.206. The van der Waals surface area contributed by atoms with Gasteiger partial charge in [-0.2, -0.15) is 10.2 Å². The molecule has 0 aliphatic heterocycles. The average molecular weight is 233 g/mol. The molecule has 0 saturated heterocycles. The molecule has 0 amide bonds. The smallest absolute Gasteiger partial charge is 0.148 e. The Bertz CT molecular complexity index is 503. The molecule has 5 heteroatoms. The van der Waals surface area contributed by atoms with Crippen LogP contribution in [0, 0.1) is 13.8 Å². The number of nitrogens with one attached hydrogen (secondary N) is 1. The summed E-state index contributed by atoms with van der Waals surface area (Å²) >= 11 is 0. The normalized spacial score (nSPS) is 12.8.